The van der Waals surface area contributed by atoms with Crippen molar-refractivity contribution < 1.29 is 4.79 Å². The highest BCUT2D eigenvalue weighted by molar-refractivity contribution is 9.10. The number of aryl methyl sites for hydroxylation is 1. The summed E-state index contributed by atoms with van der Waals surface area (Å²) in [4.78, 5) is 12.8. The number of carbonyl (C=O) groups is 1. The first-order chi connectivity index (χ1) is 9.11. The Balaban J connectivity index is 2.11. The van der Waals surface area contributed by atoms with Gasteiger partial charge in [0.25, 0.3) is 5.91 Å². The van der Waals surface area contributed by atoms with Crippen molar-refractivity contribution in [3.63, 3.8) is 0 Å². The van der Waals surface area contributed by atoms with Crippen molar-refractivity contribution >= 4 is 33.4 Å². The highest BCUT2D eigenvalue weighted by Gasteiger charge is 2.17. The van der Waals surface area contributed by atoms with Gasteiger partial charge in [-0.25, -0.2) is 0 Å². The summed E-state index contributed by atoms with van der Waals surface area (Å²) in [5.41, 5.74) is 1.81. The predicted molar refractivity (Wildman–Crippen MR) is 79.3 cm³/mol. The Labute approximate surface area is 124 Å². The molecule has 0 spiro atoms. The molecule has 1 amide bonds. The van der Waals surface area contributed by atoms with Crippen LogP contribution in [-0.4, -0.2) is 15.5 Å². The zero-order valence-electron chi connectivity index (χ0n) is 10.7. The molecule has 1 aromatic heterocycles. The maximum Gasteiger partial charge on any atom is 0.265 e. The van der Waals surface area contributed by atoms with Crippen LogP contribution in [-0.2, 0) is 6.42 Å². The van der Waals surface area contributed by atoms with E-state index in [1.807, 2.05) is 38.1 Å². The van der Waals surface area contributed by atoms with Gasteiger partial charge in [-0.05, 0) is 42.6 Å². The number of benzene rings is 1. The van der Waals surface area contributed by atoms with E-state index in [0.29, 0.717) is 11.3 Å². The van der Waals surface area contributed by atoms with Gasteiger partial charge in [0.05, 0.1) is 11.7 Å². The lowest BCUT2D eigenvalue weighted by Crippen LogP contribution is -2.26. The van der Waals surface area contributed by atoms with Gasteiger partial charge in [0.15, 0.2) is 0 Å². The van der Waals surface area contributed by atoms with Crippen molar-refractivity contribution in [2.24, 2.45) is 0 Å². The van der Waals surface area contributed by atoms with Gasteiger partial charge in [0.1, 0.15) is 4.88 Å². The first-order valence-corrected chi connectivity index (χ1v) is 7.56. The van der Waals surface area contributed by atoms with Gasteiger partial charge < -0.3 is 5.32 Å². The van der Waals surface area contributed by atoms with Crippen molar-refractivity contribution in [2.45, 2.75) is 26.3 Å². The van der Waals surface area contributed by atoms with E-state index < -0.39 is 0 Å². The van der Waals surface area contributed by atoms with Crippen LogP contribution in [0, 0.1) is 0 Å². The number of nitrogens with zero attached hydrogens (tertiary/aromatic N) is 2. The molecular weight excluding hydrogens is 326 g/mol. The van der Waals surface area contributed by atoms with Crippen molar-refractivity contribution in [1.29, 1.82) is 0 Å². The Morgan fingerprint density at radius 3 is 3.00 bits per heavy atom. The second-order valence-corrected chi connectivity index (χ2v) is 5.82. The summed E-state index contributed by atoms with van der Waals surface area (Å²) in [5, 5.41) is 6.92. The average molecular weight is 340 g/mol. The van der Waals surface area contributed by atoms with Crippen LogP contribution in [0.4, 0.5) is 0 Å². The molecule has 2 aromatic rings. The fourth-order valence-electron chi connectivity index (χ4n) is 1.73. The van der Waals surface area contributed by atoms with Gasteiger partial charge in [0.2, 0.25) is 0 Å². The van der Waals surface area contributed by atoms with Gasteiger partial charge >= 0.3 is 0 Å². The van der Waals surface area contributed by atoms with E-state index in [0.717, 1.165) is 27.3 Å². The second-order valence-electron chi connectivity index (χ2n) is 4.15. The molecule has 0 aliphatic carbocycles. The molecule has 1 atom stereocenters. The molecule has 0 aliphatic heterocycles. The van der Waals surface area contributed by atoms with Gasteiger partial charge in [-0.3, -0.25) is 4.79 Å². The molecule has 1 aromatic carbocycles. The fraction of sp³-hybridized carbons (Fsp3) is 0.308. The number of rotatable bonds is 4. The summed E-state index contributed by atoms with van der Waals surface area (Å²) >= 11 is 4.57. The monoisotopic (exact) mass is 339 g/mol. The Hall–Kier alpha value is -1.27. The Morgan fingerprint density at radius 2 is 2.32 bits per heavy atom. The number of amides is 1. The first-order valence-electron chi connectivity index (χ1n) is 5.99. The Morgan fingerprint density at radius 1 is 1.53 bits per heavy atom. The standard InChI is InChI=1S/C13H14BrN3OS/c1-3-11-12(19-17-16-11)13(18)15-8(2)9-5-4-6-10(14)7-9/h4-8H,3H2,1-2H3,(H,15,18)/t8-/m1/s1. The SMILES string of the molecule is CCc1nnsc1C(=O)N[C@H](C)c1cccc(Br)c1. The smallest absolute Gasteiger partial charge is 0.265 e. The largest absolute Gasteiger partial charge is 0.345 e. The average Bonchev–Trinajstić information content (AvgIpc) is 2.87. The molecular formula is C13H14BrN3OS. The fourth-order valence-corrected chi connectivity index (χ4v) is 2.80. The summed E-state index contributed by atoms with van der Waals surface area (Å²) in [6.07, 6.45) is 0.713. The van der Waals surface area contributed by atoms with Crippen molar-refractivity contribution in [2.75, 3.05) is 0 Å². The van der Waals surface area contributed by atoms with Crippen LogP contribution >= 0.6 is 27.5 Å². The third-order valence-electron chi connectivity index (χ3n) is 2.79. The molecule has 0 fully saturated rings. The van der Waals surface area contributed by atoms with E-state index in [-0.39, 0.29) is 11.9 Å². The van der Waals surface area contributed by atoms with Gasteiger partial charge in [-0.15, -0.1) is 5.10 Å². The number of hydrogen-bond acceptors (Lipinski definition) is 4. The molecule has 19 heavy (non-hydrogen) atoms. The van der Waals surface area contributed by atoms with Crippen LogP contribution in [0.3, 0.4) is 0 Å². The number of aromatic nitrogens is 2. The summed E-state index contributed by atoms with van der Waals surface area (Å²) in [7, 11) is 0. The van der Waals surface area contributed by atoms with E-state index in [2.05, 4.69) is 30.8 Å². The third kappa shape index (κ3) is 3.39. The normalized spacial score (nSPS) is 12.2. The topological polar surface area (TPSA) is 54.9 Å². The molecule has 0 radical (unpaired) electrons. The maximum absolute atomic E-state index is 12.2. The lowest BCUT2D eigenvalue weighted by Gasteiger charge is -2.14. The number of nitrogens with one attached hydrogen (secondary N) is 1. The minimum atomic E-state index is -0.112. The number of halogens is 1. The van der Waals surface area contributed by atoms with Crippen LogP contribution in [0.2, 0.25) is 0 Å². The number of carbonyl (C=O) groups excluding carboxylic acids is 1. The Kier molecular flexibility index (Phi) is 4.66. The predicted octanol–water partition coefficient (Wildman–Crippen LogP) is 3.35. The van der Waals surface area contributed by atoms with E-state index in [1.165, 1.54) is 0 Å². The Bertz CT molecular complexity index is 585. The van der Waals surface area contributed by atoms with Gasteiger partial charge in [-0.2, -0.15) is 0 Å². The summed E-state index contributed by atoms with van der Waals surface area (Å²) < 4.78 is 4.83. The molecule has 2 rings (SSSR count). The molecule has 1 N–H and O–H groups in total. The third-order valence-corrected chi connectivity index (χ3v) is 4.05. The molecule has 6 heteroatoms. The highest BCUT2D eigenvalue weighted by atomic mass is 79.9. The first kappa shape index (κ1) is 14.1. The lowest BCUT2D eigenvalue weighted by atomic mass is 10.1. The van der Waals surface area contributed by atoms with Crippen LogP contribution in [0.5, 0.6) is 0 Å². The summed E-state index contributed by atoms with van der Waals surface area (Å²) in [6.45, 7) is 3.92. The zero-order chi connectivity index (χ0) is 13.8. The molecule has 4 nitrogen and oxygen atoms in total. The lowest BCUT2D eigenvalue weighted by molar-refractivity contribution is 0.0943. The van der Waals surface area contributed by atoms with Crippen LogP contribution in [0.25, 0.3) is 0 Å². The molecule has 0 saturated carbocycles. The molecule has 0 bridgehead atoms. The minimum absolute atomic E-state index is 0.0585. The van der Waals surface area contributed by atoms with Crippen molar-refractivity contribution in [1.82, 2.24) is 14.9 Å². The number of hydrogen-bond donors (Lipinski definition) is 1. The molecule has 1 heterocycles. The summed E-state index contributed by atoms with van der Waals surface area (Å²) in [5.74, 6) is -0.112. The van der Waals surface area contributed by atoms with Gasteiger partial charge in [0, 0.05) is 4.47 Å². The van der Waals surface area contributed by atoms with E-state index >= 15 is 0 Å². The summed E-state index contributed by atoms with van der Waals surface area (Å²) in [6, 6.07) is 7.84. The van der Waals surface area contributed by atoms with Crippen molar-refractivity contribution in [3.8, 4) is 0 Å². The molecule has 100 valence electrons. The minimum Gasteiger partial charge on any atom is -0.345 e. The highest BCUT2D eigenvalue weighted by Crippen LogP contribution is 2.19. The van der Waals surface area contributed by atoms with E-state index in [1.54, 1.807) is 0 Å². The molecule has 0 aliphatic rings. The van der Waals surface area contributed by atoms with E-state index in [4.69, 9.17) is 0 Å². The quantitative estimate of drug-likeness (QED) is 0.929. The molecule has 0 unspecified atom stereocenters. The van der Waals surface area contributed by atoms with Crippen LogP contribution in [0.1, 0.15) is 40.8 Å². The van der Waals surface area contributed by atoms with Crippen LogP contribution in [0.15, 0.2) is 28.7 Å². The zero-order valence-corrected chi connectivity index (χ0v) is 13.1. The second kappa shape index (κ2) is 6.25. The van der Waals surface area contributed by atoms with Crippen LogP contribution < -0.4 is 5.32 Å². The maximum atomic E-state index is 12.2. The van der Waals surface area contributed by atoms with Gasteiger partial charge in [-0.1, -0.05) is 39.5 Å². The van der Waals surface area contributed by atoms with Crippen molar-refractivity contribution in [3.05, 3.63) is 44.9 Å². The van der Waals surface area contributed by atoms with E-state index in [9.17, 15) is 4.79 Å². The molecule has 0 saturated heterocycles.